The lowest BCUT2D eigenvalue weighted by atomic mass is 9.82. The van der Waals surface area contributed by atoms with Crippen LogP contribution >= 0.6 is 0 Å². The van der Waals surface area contributed by atoms with Gasteiger partial charge in [-0.2, -0.15) is 0 Å². The van der Waals surface area contributed by atoms with Crippen molar-refractivity contribution in [3.8, 4) is 0 Å². The molecule has 1 fully saturated rings. The SMILES string of the molecule is NC(=O)c1ccc(F)c([C@]23COC[C@@H]2CN=C(N)O3)c1. The molecule has 0 saturated carbocycles. The predicted molar refractivity (Wildman–Crippen MR) is 68.5 cm³/mol. The summed E-state index contributed by atoms with van der Waals surface area (Å²) in [4.78, 5) is 15.3. The van der Waals surface area contributed by atoms with Gasteiger partial charge in [0.1, 0.15) is 5.82 Å². The number of ether oxygens (including phenoxy) is 2. The molecule has 3 rings (SSSR count). The van der Waals surface area contributed by atoms with Gasteiger partial charge in [0, 0.05) is 17.0 Å². The summed E-state index contributed by atoms with van der Waals surface area (Å²) < 4.78 is 25.2. The van der Waals surface area contributed by atoms with Gasteiger partial charge in [-0.3, -0.25) is 4.79 Å². The maximum Gasteiger partial charge on any atom is 0.282 e. The number of hydrogen-bond donors (Lipinski definition) is 2. The first-order valence-corrected chi connectivity index (χ1v) is 6.19. The van der Waals surface area contributed by atoms with Crippen molar-refractivity contribution in [2.45, 2.75) is 5.60 Å². The summed E-state index contributed by atoms with van der Waals surface area (Å²) in [7, 11) is 0. The number of rotatable bonds is 2. The molecule has 2 aliphatic rings. The molecular weight excluding hydrogens is 265 g/mol. The molecule has 0 radical (unpaired) electrons. The van der Waals surface area contributed by atoms with E-state index < -0.39 is 17.3 Å². The zero-order valence-corrected chi connectivity index (χ0v) is 10.6. The van der Waals surface area contributed by atoms with Gasteiger partial charge in [0.2, 0.25) is 5.91 Å². The van der Waals surface area contributed by atoms with Gasteiger partial charge in [-0.15, -0.1) is 0 Å². The van der Waals surface area contributed by atoms with Crippen molar-refractivity contribution >= 4 is 11.9 Å². The Morgan fingerprint density at radius 1 is 1.50 bits per heavy atom. The van der Waals surface area contributed by atoms with Crippen LogP contribution in [0.25, 0.3) is 0 Å². The largest absolute Gasteiger partial charge is 0.451 e. The molecule has 2 aliphatic heterocycles. The zero-order valence-electron chi connectivity index (χ0n) is 10.6. The maximum atomic E-state index is 14.2. The molecular formula is C13H14FN3O3. The minimum atomic E-state index is -1.04. The Balaban J connectivity index is 2.13. The van der Waals surface area contributed by atoms with Gasteiger partial charge in [-0.1, -0.05) is 0 Å². The lowest BCUT2D eigenvalue weighted by Gasteiger charge is -2.36. The van der Waals surface area contributed by atoms with Gasteiger partial charge in [0.25, 0.3) is 6.02 Å². The fourth-order valence-electron chi connectivity index (χ4n) is 2.69. The van der Waals surface area contributed by atoms with E-state index in [-0.39, 0.29) is 29.7 Å². The quantitative estimate of drug-likeness (QED) is 0.802. The Kier molecular flexibility index (Phi) is 2.86. The number of primary amides is 1. The monoisotopic (exact) mass is 279 g/mol. The molecule has 106 valence electrons. The molecule has 0 bridgehead atoms. The number of amidine groups is 1. The molecule has 1 aromatic carbocycles. The lowest BCUT2D eigenvalue weighted by Crippen LogP contribution is -2.47. The Morgan fingerprint density at radius 3 is 3.05 bits per heavy atom. The number of benzene rings is 1. The van der Waals surface area contributed by atoms with Crippen molar-refractivity contribution in [3.05, 3.63) is 35.1 Å². The van der Waals surface area contributed by atoms with Gasteiger partial charge < -0.3 is 20.9 Å². The summed E-state index contributed by atoms with van der Waals surface area (Å²) in [5.41, 5.74) is 10.3. The Morgan fingerprint density at radius 2 is 2.30 bits per heavy atom. The first-order valence-electron chi connectivity index (χ1n) is 6.19. The molecule has 20 heavy (non-hydrogen) atoms. The van der Waals surface area contributed by atoms with E-state index in [0.29, 0.717) is 13.2 Å². The molecule has 0 aliphatic carbocycles. The first kappa shape index (κ1) is 12.9. The standard InChI is InChI=1S/C13H14FN3O3/c14-10-2-1-7(11(15)18)3-9(10)13-6-19-5-8(13)4-17-12(16)20-13/h1-3,8H,4-6H2,(H2,15,18)(H2,16,17)/t8-,13-/m0/s1. The smallest absolute Gasteiger partial charge is 0.282 e. The molecule has 1 saturated heterocycles. The average molecular weight is 279 g/mol. The van der Waals surface area contributed by atoms with Crippen LogP contribution in [0.5, 0.6) is 0 Å². The summed E-state index contributed by atoms with van der Waals surface area (Å²) in [6.07, 6.45) is 0. The van der Waals surface area contributed by atoms with Gasteiger partial charge >= 0.3 is 0 Å². The molecule has 4 N–H and O–H groups in total. The lowest BCUT2D eigenvalue weighted by molar-refractivity contribution is -0.00192. The van der Waals surface area contributed by atoms with E-state index in [0.717, 1.165) is 0 Å². The third-order valence-corrected chi connectivity index (χ3v) is 3.76. The number of nitrogens with two attached hydrogens (primary N) is 2. The van der Waals surface area contributed by atoms with Crippen LogP contribution in [-0.2, 0) is 15.1 Å². The summed E-state index contributed by atoms with van der Waals surface area (Å²) >= 11 is 0. The van der Waals surface area contributed by atoms with Crippen molar-refractivity contribution in [3.63, 3.8) is 0 Å². The van der Waals surface area contributed by atoms with Crippen molar-refractivity contribution in [2.24, 2.45) is 22.4 Å². The predicted octanol–water partition coefficient (Wildman–Crippen LogP) is 0.111. The normalized spacial score (nSPS) is 28.4. The van der Waals surface area contributed by atoms with Gasteiger partial charge in [0.15, 0.2) is 5.60 Å². The van der Waals surface area contributed by atoms with E-state index in [9.17, 15) is 9.18 Å². The van der Waals surface area contributed by atoms with E-state index >= 15 is 0 Å². The second-order valence-corrected chi connectivity index (χ2v) is 4.94. The molecule has 7 heteroatoms. The van der Waals surface area contributed by atoms with Crippen molar-refractivity contribution in [2.75, 3.05) is 19.8 Å². The van der Waals surface area contributed by atoms with Crippen LogP contribution in [0, 0.1) is 11.7 Å². The number of aliphatic imine (C=N–C) groups is 1. The molecule has 2 heterocycles. The Labute approximate surface area is 114 Å². The Bertz CT molecular complexity index is 605. The molecule has 1 aromatic rings. The molecule has 0 unspecified atom stereocenters. The maximum absolute atomic E-state index is 14.2. The van der Waals surface area contributed by atoms with E-state index in [1.165, 1.54) is 18.2 Å². The molecule has 0 spiro atoms. The first-order chi connectivity index (χ1) is 9.53. The summed E-state index contributed by atoms with van der Waals surface area (Å²) in [6.45, 7) is 0.954. The third kappa shape index (κ3) is 1.82. The van der Waals surface area contributed by atoms with Crippen LogP contribution < -0.4 is 11.5 Å². The highest BCUT2D eigenvalue weighted by molar-refractivity contribution is 5.93. The highest BCUT2D eigenvalue weighted by Gasteiger charge is 2.51. The van der Waals surface area contributed by atoms with Gasteiger partial charge in [0.05, 0.1) is 19.8 Å². The second-order valence-electron chi connectivity index (χ2n) is 4.94. The van der Waals surface area contributed by atoms with Crippen LogP contribution in [0.2, 0.25) is 0 Å². The number of hydrogen-bond acceptors (Lipinski definition) is 5. The number of amides is 1. The van der Waals surface area contributed by atoms with Crippen LogP contribution in [0.15, 0.2) is 23.2 Å². The third-order valence-electron chi connectivity index (χ3n) is 3.76. The number of carbonyl (C=O) groups excluding carboxylic acids is 1. The molecule has 1 amide bonds. The van der Waals surface area contributed by atoms with Crippen molar-refractivity contribution in [1.82, 2.24) is 0 Å². The number of halogens is 1. The molecule has 2 atom stereocenters. The van der Waals surface area contributed by atoms with Crippen LogP contribution in [0.1, 0.15) is 15.9 Å². The fourth-order valence-corrected chi connectivity index (χ4v) is 2.69. The minimum Gasteiger partial charge on any atom is -0.451 e. The van der Waals surface area contributed by atoms with E-state index in [1.807, 2.05) is 0 Å². The van der Waals surface area contributed by atoms with E-state index in [1.54, 1.807) is 0 Å². The number of carbonyl (C=O) groups is 1. The highest BCUT2D eigenvalue weighted by Crippen LogP contribution is 2.42. The van der Waals surface area contributed by atoms with Crippen LogP contribution in [0.4, 0.5) is 4.39 Å². The Hall–Kier alpha value is -2.15. The average Bonchev–Trinajstić information content (AvgIpc) is 2.82. The minimum absolute atomic E-state index is 0.00405. The van der Waals surface area contributed by atoms with Crippen LogP contribution in [-0.4, -0.2) is 31.7 Å². The van der Waals surface area contributed by atoms with Gasteiger partial charge in [-0.25, -0.2) is 9.38 Å². The second kappa shape index (κ2) is 4.45. The zero-order chi connectivity index (χ0) is 14.3. The molecule has 0 aromatic heterocycles. The van der Waals surface area contributed by atoms with Crippen molar-refractivity contribution in [1.29, 1.82) is 0 Å². The topological polar surface area (TPSA) is 99.9 Å². The van der Waals surface area contributed by atoms with Crippen molar-refractivity contribution < 1.29 is 18.7 Å². The number of nitrogens with zero attached hydrogens (tertiary/aromatic N) is 1. The summed E-state index contributed by atoms with van der Waals surface area (Å²) in [6, 6.07) is 3.93. The van der Waals surface area contributed by atoms with E-state index in [4.69, 9.17) is 20.9 Å². The number of fused-ring (bicyclic) bond motifs is 1. The van der Waals surface area contributed by atoms with E-state index in [2.05, 4.69) is 4.99 Å². The highest BCUT2D eigenvalue weighted by atomic mass is 19.1. The van der Waals surface area contributed by atoms with Gasteiger partial charge in [-0.05, 0) is 18.2 Å². The van der Waals surface area contributed by atoms with Crippen LogP contribution in [0.3, 0.4) is 0 Å². The fraction of sp³-hybridized carbons (Fsp3) is 0.385. The summed E-state index contributed by atoms with van der Waals surface area (Å²) in [5.74, 6) is -1.26. The summed E-state index contributed by atoms with van der Waals surface area (Å²) in [5, 5.41) is 0. The molecule has 6 nitrogen and oxygen atoms in total.